The summed E-state index contributed by atoms with van der Waals surface area (Å²) in [5.74, 6) is 1.85. The zero-order valence-corrected chi connectivity index (χ0v) is 20.2. The Labute approximate surface area is 201 Å². The standard InChI is InChI=1S/C25H28N6O2S/c1-31(2)25(32)14-7-8-17-21(10-14)34-24-22(17)23(26-13-27-24)29-19-9-15-12-28-30-18(15)11-20(19)33-16-5-3-4-6-16/h9,11-14,16H,3-8,10H2,1-2H3,(H,28,30)(H,26,27,29)/t14-/m0/s1. The molecule has 176 valence electrons. The topological polar surface area (TPSA) is 96.0 Å². The van der Waals surface area contributed by atoms with Gasteiger partial charge in [0.05, 0.1) is 28.9 Å². The van der Waals surface area contributed by atoms with Crippen LogP contribution < -0.4 is 10.1 Å². The number of benzene rings is 1. The zero-order chi connectivity index (χ0) is 23.2. The maximum absolute atomic E-state index is 12.6. The number of nitrogens with zero attached hydrogens (tertiary/aromatic N) is 4. The van der Waals surface area contributed by atoms with Gasteiger partial charge in [0.25, 0.3) is 0 Å². The molecule has 1 aromatic carbocycles. The van der Waals surface area contributed by atoms with Crippen molar-refractivity contribution in [3.63, 3.8) is 0 Å². The lowest BCUT2D eigenvalue weighted by Crippen LogP contribution is -2.32. The summed E-state index contributed by atoms with van der Waals surface area (Å²) in [7, 11) is 3.66. The van der Waals surface area contributed by atoms with E-state index in [0.29, 0.717) is 0 Å². The number of rotatable bonds is 5. The molecule has 34 heavy (non-hydrogen) atoms. The Balaban J connectivity index is 1.37. The minimum atomic E-state index is 0.0369. The third-order valence-electron chi connectivity index (χ3n) is 7.02. The van der Waals surface area contributed by atoms with Crippen molar-refractivity contribution in [3.8, 4) is 5.75 Å². The quantitative estimate of drug-likeness (QED) is 0.429. The summed E-state index contributed by atoms with van der Waals surface area (Å²) in [5.41, 5.74) is 3.11. The minimum Gasteiger partial charge on any atom is -0.488 e. The Morgan fingerprint density at radius 2 is 2.06 bits per heavy atom. The van der Waals surface area contributed by atoms with Crippen LogP contribution in [0.4, 0.5) is 11.5 Å². The zero-order valence-electron chi connectivity index (χ0n) is 19.4. The highest BCUT2D eigenvalue weighted by molar-refractivity contribution is 7.19. The number of thiophene rings is 1. The summed E-state index contributed by atoms with van der Waals surface area (Å²) >= 11 is 1.68. The molecule has 4 aromatic rings. The van der Waals surface area contributed by atoms with Crippen LogP contribution in [0.15, 0.2) is 24.7 Å². The molecule has 0 spiro atoms. The first-order valence-corrected chi connectivity index (χ1v) is 12.8. The van der Waals surface area contributed by atoms with Crippen molar-refractivity contribution < 1.29 is 9.53 Å². The molecule has 9 heteroatoms. The molecular formula is C25H28N6O2S. The summed E-state index contributed by atoms with van der Waals surface area (Å²) in [4.78, 5) is 25.7. The maximum Gasteiger partial charge on any atom is 0.225 e. The van der Waals surface area contributed by atoms with E-state index < -0.39 is 0 Å². The lowest BCUT2D eigenvalue weighted by molar-refractivity contribution is -0.133. The van der Waals surface area contributed by atoms with Gasteiger partial charge in [0.2, 0.25) is 5.91 Å². The Hall–Kier alpha value is -3.20. The molecule has 1 saturated carbocycles. The molecule has 0 bridgehead atoms. The van der Waals surface area contributed by atoms with Crippen LogP contribution >= 0.6 is 11.3 Å². The Morgan fingerprint density at radius 1 is 1.21 bits per heavy atom. The number of carbonyl (C=O) groups excluding carboxylic acids is 1. The van der Waals surface area contributed by atoms with Gasteiger partial charge in [-0.25, -0.2) is 9.97 Å². The molecule has 2 aliphatic rings. The first-order chi connectivity index (χ1) is 16.6. The van der Waals surface area contributed by atoms with Crippen LogP contribution in [0, 0.1) is 5.92 Å². The summed E-state index contributed by atoms with van der Waals surface area (Å²) in [6, 6.07) is 4.10. The van der Waals surface area contributed by atoms with Crippen LogP contribution in [-0.4, -0.2) is 51.2 Å². The van der Waals surface area contributed by atoms with Gasteiger partial charge >= 0.3 is 0 Å². The monoisotopic (exact) mass is 476 g/mol. The van der Waals surface area contributed by atoms with E-state index in [9.17, 15) is 4.79 Å². The molecule has 1 amide bonds. The molecular weight excluding hydrogens is 448 g/mol. The number of hydrogen-bond acceptors (Lipinski definition) is 7. The predicted octanol–water partition coefficient (Wildman–Crippen LogP) is 4.83. The van der Waals surface area contributed by atoms with Crippen LogP contribution in [0.5, 0.6) is 5.75 Å². The average molecular weight is 477 g/mol. The van der Waals surface area contributed by atoms with Crippen LogP contribution in [0.25, 0.3) is 21.1 Å². The fourth-order valence-electron chi connectivity index (χ4n) is 5.26. The third kappa shape index (κ3) is 3.77. The van der Waals surface area contributed by atoms with Gasteiger partial charge < -0.3 is 15.0 Å². The number of aryl methyl sites for hydroxylation is 1. The van der Waals surface area contributed by atoms with E-state index in [0.717, 1.165) is 70.5 Å². The average Bonchev–Trinajstić information content (AvgIpc) is 3.58. The van der Waals surface area contributed by atoms with Crippen molar-refractivity contribution in [1.82, 2.24) is 25.1 Å². The summed E-state index contributed by atoms with van der Waals surface area (Å²) in [6.45, 7) is 0. The van der Waals surface area contributed by atoms with Crippen molar-refractivity contribution in [2.45, 2.75) is 51.0 Å². The molecule has 0 radical (unpaired) electrons. The van der Waals surface area contributed by atoms with Crippen LogP contribution in [0.3, 0.4) is 0 Å². The lowest BCUT2D eigenvalue weighted by Gasteiger charge is -2.24. The number of ether oxygens (including phenoxy) is 1. The van der Waals surface area contributed by atoms with E-state index in [1.54, 1.807) is 22.6 Å². The highest BCUT2D eigenvalue weighted by Crippen LogP contribution is 2.42. The van der Waals surface area contributed by atoms with E-state index in [2.05, 4.69) is 31.5 Å². The van der Waals surface area contributed by atoms with Gasteiger partial charge in [-0.2, -0.15) is 5.10 Å². The van der Waals surface area contributed by atoms with Crippen LogP contribution in [0.1, 0.15) is 42.5 Å². The fraction of sp³-hybridized carbons (Fsp3) is 0.440. The molecule has 1 atom stereocenters. The highest BCUT2D eigenvalue weighted by Gasteiger charge is 2.30. The second-order valence-corrected chi connectivity index (χ2v) is 10.6. The van der Waals surface area contributed by atoms with Gasteiger partial charge in [-0.3, -0.25) is 9.89 Å². The molecule has 1 fully saturated rings. The first kappa shape index (κ1) is 21.3. The Morgan fingerprint density at radius 3 is 2.88 bits per heavy atom. The van der Waals surface area contributed by atoms with E-state index in [1.165, 1.54) is 23.3 Å². The predicted molar refractivity (Wildman–Crippen MR) is 134 cm³/mol. The Bertz CT molecular complexity index is 1370. The molecule has 6 rings (SSSR count). The van der Waals surface area contributed by atoms with E-state index in [-0.39, 0.29) is 17.9 Å². The minimum absolute atomic E-state index is 0.0369. The first-order valence-electron chi connectivity index (χ1n) is 11.9. The van der Waals surface area contributed by atoms with Crippen molar-refractivity contribution in [3.05, 3.63) is 35.1 Å². The smallest absolute Gasteiger partial charge is 0.225 e. The van der Waals surface area contributed by atoms with E-state index in [1.807, 2.05) is 26.4 Å². The number of H-pyrrole nitrogens is 1. The second kappa shape index (κ2) is 8.54. The highest BCUT2D eigenvalue weighted by atomic mass is 32.1. The summed E-state index contributed by atoms with van der Waals surface area (Å²) in [6.07, 6.45) is 10.7. The Kier molecular flexibility index (Phi) is 5.36. The van der Waals surface area contributed by atoms with Gasteiger partial charge in [-0.05, 0) is 56.6 Å². The number of carbonyl (C=O) groups is 1. The van der Waals surface area contributed by atoms with Crippen LogP contribution in [0.2, 0.25) is 0 Å². The molecule has 3 aromatic heterocycles. The van der Waals surface area contributed by atoms with Crippen LogP contribution in [-0.2, 0) is 17.6 Å². The van der Waals surface area contributed by atoms with Crippen molar-refractivity contribution in [2.24, 2.45) is 5.92 Å². The maximum atomic E-state index is 12.6. The number of aromatic amines is 1. The number of anilines is 2. The number of amides is 1. The molecule has 0 aliphatic heterocycles. The third-order valence-corrected chi connectivity index (χ3v) is 8.19. The van der Waals surface area contributed by atoms with Gasteiger partial charge in [-0.1, -0.05) is 0 Å². The number of fused-ring (bicyclic) bond motifs is 4. The molecule has 0 unspecified atom stereocenters. The largest absolute Gasteiger partial charge is 0.488 e. The van der Waals surface area contributed by atoms with Gasteiger partial charge in [-0.15, -0.1) is 11.3 Å². The van der Waals surface area contributed by atoms with Gasteiger partial charge in [0, 0.05) is 36.3 Å². The molecule has 3 heterocycles. The van der Waals surface area contributed by atoms with E-state index >= 15 is 0 Å². The molecule has 2 aliphatic carbocycles. The summed E-state index contributed by atoms with van der Waals surface area (Å²) in [5, 5.41) is 12.9. The fourth-order valence-corrected chi connectivity index (χ4v) is 6.53. The summed E-state index contributed by atoms with van der Waals surface area (Å²) < 4.78 is 6.43. The van der Waals surface area contributed by atoms with Gasteiger partial charge in [0.15, 0.2) is 0 Å². The number of aromatic nitrogens is 4. The van der Waals surface area contributed by atoms with Crippen molar-refractivity contribution in [2.75, 3.05) is 19.4 Å². The van der Waals surface area contributed by atoms with Gasteiger partial charge in [0.1, 0.15) is 22.7 Å². The number of nitrogens with one attached hydrogen (secondary N) is 2. The normalized spacial score (nSPS) is 18.4. The van der Waals surface area contributed by atoms with Crippen molar-refractivity contribution in [1.29, 1.82) is 0 Å². The van der Waals surface area contributed by atoms with E-state index in [4.69, 9.17) is 4.74 Å². The number of hydrogen-bond donors (Lipinski definition) is 2. The second-order valence-electron chi connectivity index (χ2n) is 9.53. The van der Waals surface area contributed by atoms with Crippen molar-refractivity contribution >= 4 is 49.9 Å². The molecule has 2 N–H and O–H groups in total. The SMILES string of the molecule is CN(C)C(=O)[C@H]1CCc2c(sc3ncnc(Nc4cc5cn[nH]c5cc4OC4CCCC4)c23)C1. The molecule has 8 nitrogen and oxygen atoms in total. The molecule has 0 saturated heterocycles. The lowest BCUT2D eigenvalue weighted by atomic mass is 9.87.